The molecule has 11 heterocycles. The highest BCUT2D eigenvalue weighted by molar-refractivity contribution is 7.56. The molecule has 12 rings (SSSR count). The van der Waals surface area contributed by atoms with Gasteiger partial charge in [-0.2, -0.15) is 23.1 Å². The number of hydrogen-bond donors (Lipinski definition) is 6. The molecule has 0 bridgehead atoms. The first-order valence-electron chi connectivity index (χ1n) is 28.7. The zero-order valence-corrected chi connectivity index (χ0v) is 52.7. The van der Waals surface area contributed by atoms with Crippen LogP contribution in [0, 0.1) is 6.92 Å². The number of alkyl halides is 3. The Morgan fingerprint density at radius 2 is 1.08 bits per heavy atom. The summed E-state index contributed by atoms with van der Waals surface area (Å²) in [6.45, 7) is 2.42. The van der Waals surface area contributed by atoms with Gasteiger partial charge in [0, 0.05) is 57.9 Å². The van der Waals surface area contributed by atoms with Crippen LogP contribution in [0.3, 0.4) is 0 Å². The highest BCUT2D eigenvalue weighted by Gasteiger charge is 2.45. The van der Waals surface area contributed by atoms with E-state index in [0.717, 1.165) is 16.7 Å². The van der Waals surface area contributed by atoms with Crippen molar-refractivity contribution in [1.82, 2.24) is 87.0 Å². The number of aromatic nitrogens is 14. The minimum absolute atomic E-state index is 0.0105. The fourth-order valence-electron chi connectivity index (χ4n) is 11.4. The number of carbonyl (C=O) groups is 1. The Morgan fingerprint density at radius 3 is 1.57 bits per heavy atom. The van der Waals surface area contributed by atoms with Gasteiger partial charge in [-0.05, 0) is 36.8 Å². The molecule has 1 aromatic carbocycles. The number of aliphatic hydroxyl groups is 1. The first kappa shape index (κ1) is 65.3. The molecule has 93 heavy (non-hydrogen) atoms. The SMILES string of the molecule is Cc1cc(C(=O)N2CC(CO[P@](C)(=O)N3CC(CO[P@](C)(=O)N4C[C@@H](CO[P@](C)(=O)N5C[C@@H](CO)O[C@@H](n6cnc7c(N)ncnc76)C5)O[C@@H](n5cnc6c(=O)[nH]c(N)nc65)C4)O[C@@H](n4cnc5c(N)ncnc54)C3)O[C@@H](n3ccc(N)nc3=O)C2)cc(C(F)(F)F)c1. The molecule has 0 saturated carbocycles. The predicted molar refractivity (Wildman–Crippen MR) is 323 cm³/mol. The van der Waals surface area contributed by atoms with E-state index in [-0.39, 0.29) is 116 Å². The Labute approximate surface area is 523 Å². The third kappa shape index (κ3) is 13.7. The number of nitrogen functional groups attached to an aromatic ring is 4. The van der Waals surface area contributed by atoms with Crippen LogP contribution in [0.1, 0.15) is 46.4 Å². The molecular weight excluding hydrogens is 1290 g/mol. The van der Waals surface area contributed by atoms with Gasteiger partial charge in [0.1, 0.15) is 54.3 Å². The number of aryl methyl sites for hydroxylation is 1. The van der Waals surface area contributed by atoms with Gasteiger partial charge in [0.25, 0.3) is 34.0 Å². The monoisotopic (exact) mass is 1360 g/mol. The number of hydrogen-bond acceptors (Lipinski definition) is 27. The molecule has 7 aromatic heterocycles. The first-order valence-corrected chi connectivity index (χ1v) is 34.7. The van der Waals surface area contributed by atoms with E-state index in [1.54, 1.807) is 4.57 Å². The van der Waals surface area contributed by atoms with Crippen molar-refractivity contribution in [2.45, 2.75) is 62.4 Å². The standard InChI is InChI=1S/C51H64F3N22O14P3/c1-27-7-28(9-29(8-27)51(52,53)54)48(79)69-10-31(88-35(14-69)73-6-5-34(55)66-50(73)80)19-84-92(3,82)71-12-32(89-37(16-71)75-25-64-40-43(57)60-23-62-45(40)75)20-86-93(4,83)72-13-33(90-38(17-72)76-26-65-41-46(76)67-49(58)68-47(41)78)21-85-91(2,81)70-11-30(18-77)87-36(15-70)74-24-63-39-42(56)59-22-61-44(39)74/h5-9,22-26,30-33,35-38,77H,10-21H2,1-4H3,(H2,55,66,80)(H2,56,59,61)(H2,57,60,62)(H3,58,67,68,78)/t30-,31?,32?,33-,35+,36+,37+,38+,91-,92-,93-/m0/s1. The van der Waals surface area contributed by atoms with Crippen molar-refractivity contribution in [2.75, 3.05) is 122 Å². The third-order valence-corrected chi connectivity index (χ3v) is 22.0. The van der Waals surface area contributed by atoms with Gasteiger partial charge in [0.2, 0.25) is 5.95 Å². The second-order valence-corrected chi connectivity index (χ2v) is 30.0. The summed E-state index contributed by atoms with van der Waals surface area (Å²) in [6.07, 6.45) is -5.26. The van der Waals surface area contributed by atoms with E-state index in [4.69, 9.17) is 55.5 Å². The van der Waals surface area contributed by atoms with Crippen molar-refractivity contribution in [3.63, 3.8) is 0 Å². The lowest BCUT2D eigenvalue weighted by molar-refractivity contribution is -0.137. The van der Waals surface area contributed by atoms with Crippen LogP contribution in [0.4, 0.5) is 36.6 Å². The average Bonchev–Trinajstić information content (AvgIpc) is 1.74. The zero-order valence-electron chi connectivity index (χ0n) is 50.0. The maximum atomic E-state index is 15.4. The van der Waals surface area contributed by atoms with Crippen LogP contribution in [0.2, 0.25) is 0 Å². The van der Waals surface area contributed by atoms with Gasteiger partial charge in [-0.15, -0.1) is 0 Å². The fraction of sp³-hybridized carbons (Fsp3) is 0.490. The normalized spacial score (nSPS) is 25.1. The summed E-state index contributed by atoms with van der Waals surface area (Å²) in [5, 5.41) is 10.3. The Bertz CT molecular complexity index is 4420. The number of nitrogens with two attached hydrogens (primary N) is 4. The summed E-state index contributed by atoms with van der Waals surface area (Å²) in [6, 6.07) is 4.26. The van der Waals surface area contributed by atoms with Crippen LogP contribution >= 0.6 is 22.6 Å². The molecule has 2 unspecified atom stereocenters. The maximum absolute atomic E-state index is 15.4. The summed E-state index contributed by atoms with van der Waals surface area (Å²) in [4.78, 5) is 81.7. The Kier molecular flexibility index (Phi) is 17.9. The number of aromatic amines is 1. The topological polar surface area (TPSA) is 456 Å². The lowest BCUT2D eigenvalue weighted by Gasteiger charge is -2.43. The van der Waals surface area contributed by atoms with E-state index in [1.807, 2.05) is 0 Å². The smallest absolute Gasteiger partial charge is 0.394 e. The van der Waals surface area contributed by atoms with E-state index in [2.05, 4.69) is 49.8 Å². The number of ether oxygens (including phenoxy) is 4. The number of anilines is 4. The molecule has 4 aliphatic heterocycles. The molecule has 1 amide bonds. The number of morpholine rings is 4. The van der Waals surface area contributed by atoms with Gasteiger partial charge in [0.05, 0.1) is 95.5 Å². The van der Waals surface area contributed by atoms with E-state index in [9.17, 15) is 37.2 Å². The van der Waals surface area contributed by atoms with Gasteiger partial charge in [-0.3, -0.25) is 46.5 Å². The Hall–Kier alpha value is -7.74. The number of rotatable bonds is 18. The predicted octanol–water partition coefficient (Wildman–Crippen LogP) is 1.86. The number of fused-ring (bicyclic) bond motifs is 3. The van der Waals surface area contributed by atoms with E-state index in [1.165, 1.54) is 105 Å². The highest BCUT2D eigenvalue weighted by Crippen LogP contribution is 2.54. The molecule has 0 radical (unpaired) electrons. The molecule has 498 valence electrons. The number of amides is 1. The number of aliphatic hydroxyl groups excluding tert-OH is 1. The van der Waals surface area contributed by atoms with Gasteiger partial charge in [0.15, 0.2) is 40.3 Å². The summed E-state index contributed by atoms with van der Waals surface area (Å²) in [5.74, 6) is -0.972. The molecule has 42 heteroatoms. The average molecular weight is 1360 g/mol. The number of halogens is 3. The van der Waals surface area contributed by atoms with E-state index >= 15 is 9.13 Å². The fourth-order valence-corrected chi connectivity index (χ4v) is 15.9. The lowest BCUT2D eigenvalue weighted by atomic mass is 10.0. The quantitative estimate of drug-likeness (QED) is 0.0668. The second kappa shape index (κ2) is 25.5. The molecular formula is C51H64F3N22O14P3. The summed E-state index contributed by atoms with van der Waals surface area (Å²) >= 11 is 0. The minimum Gasteiger partial charge on any atom is -0.394 e. The Morgan fingerprint density at radius 1 is 0.613 bits per heavy atom. The number of benzene rings is 1. The first-order chi connectivity index (χ1) is 44.1. The molecule has 8 aromatic rings. The maximum Gasteiger partial charge on any atom is 0.416 e. The van der Waals surface area contributed by atoms with Crippen LogP contribution in [0.25, 0.3) is 33.5 Å². The van der Waals surface area contributed by atoms with Gasteiger partial charge in [-0.1, -0.05) is 0 Å². The van der Waals surface area contributed by atoms with Crippen molar-refractivity contribution in [2.24, 2.45) is 0 Å². The molecule has 0 aliphatic carbocycles. The number of H-pyrrole nitrogens is 1. The third-order valence-electron chi connectivity index (χ3n) is 16.0. The van der Waals surface area contributed by atoms with Crippen molar-refractivity contribution in [3.8, 4) is 0 Å². The highest BCUT2D eigenvalue weighted by atomic mass is 31.2. The molecule has 36 nitrogen and oxygen atoms in total. The number of nitrogens with one attached hydrogen (secondary N) is 1. The molecule has 4 saturated heterocycles. The van der Waals surface area contributed by atoms with Crippen LogP contribution in [-0.2, 0) is 52.4 Å². The molecule has 0 spiro atoms. The van der Waals surface area contributed by atoms with E-state index in [0.29, 0.717) is 11.2 Å². The number of carbonyl (C=O) groups excluding carboxylic acids is 1. The molecule has 4 aliphatic rings. The summed E-state index contributed by atoms with van der Waals surface area (Å²) in [7, 11) is -12.0. The Balaban J connectivity index is 0.789. The van der Waals surface area contributed by atoms with Crippen molar-refractivity contribution < 1.29 is 69.3 Å². The lowest BCUT2D eigenvalue weighted by Crippen LogP contribution is -2.51. The second-order valence-electron chi connectivity index (χ2n) is 22.7. The van der Waals surface area contributed by atoms with Gasteiger partial charge >= 0.3 is 11.9 Å². The van der Waals surface area contributed by atoms with E-state index < -0.39 is 121 Å². The van der Waals surface area contributed by atoms with Crippen molar-refractivity contribution in [3.05, 3.63) is 99.6 Å². The van der Waals surface area contributed by atoms with Crippen LogP contribution in [-0.4, -0.2) is 221 Å². The number of nitrogens with zero attached hydrogens (tertiary/aromatic N) is 17. The summed E-state index contributed by atoms with van der Waals surface area (Å²) in [5.41, 5.74) is 22.4. The van der Waals surface area contributed by atoms with Crippen molar-refractivity contribution in [1.29, 1.82) is 0 Å². The van der Waals surface area contributed by atoms with Gasteiger partial charge < -0.3 is 65.5 Å². The number of imidazole rings is 3. The molecule has 10 N–H and O–H groups in total. The zero-order chi connectivity index (χ0) is 66.1. The minimum atomic E-state index is -4.77. The van der Waals surface area contributed by atoms with Crippen LogP contribution in [0.15, 0.2) is 71.7 Å². The van der Waals surface area contributed by atoms with Gasteiger partial charge in [-0.25, -0.2) is 53.7 Å². The molecule has 4 fully saturated rings. The van der Waals surface area contributed by atoms with Crippen LogP contribution in [0.5, 0.6) is 0 Å². The summed E-state index contributed by atoms with van der Waals surface area (Å²) < 4.78 is 142. The van der Waals surface area contributed by atoms with Crippen LogP contribution < -0.4 is 34.2 Å². The molecule has 11 atom stereocenters. The largest absolute Gasteiger partial charge is 0.416 e. The van der Waals surface area contributed by atoms with Crippen molar-refractivity contribution >= 4 is 85.4 Å².